The Morgan fingerprint density at radius 3 is 2.89 bits per heavy atom. The molecule has 2 nitrogen and oxygen atoms in total. The predicted octanol–water partition coefficient (Wildman–Crippen LogP) is 3.50. The molecule has 1 N–H and O–H groups in total. The maximum Gasteiger partial charge on any atom is 0.121 e. The molecular weight excluding hydrogens is 246 g/mol. The Labute approximate surface area is 115 Å². The van der Waals surface area contributed by atoms with E-state index in [2.05, 4.69) is 18.2 Å². The van der Waals surface area contributed by atoms with Crippen LogP contribution >= 0.6 is 11.6 Å². The van der Waals surface area contributed by atoms with E-state index < -0.39 is 0 Å². The Balaban J connectivity index is 2.51. The van der Waals surface area contributed by atoms with Crippen LogP contribution in [0.2, 0.25) is 5.02 Å². The zero-order valence-corrected chi connectivity index (χ0v) is 11.7. The second-order valence-corrected chi connectivity index (χ2v) is 4.71. The van der Waals surface area contributed by atoms with Gasteiger partial charge in [0.1, 0.15) is 11.9 Å². The normalized spacial score (nSPS) is 13.7. The molecule has 1 aromatic carbocycles. The molecule has 3 heteroatoms. The number of benzene rings is 1. The highest BCUT2D eigenvalue weighted by Crippen LogP contribution is 2.19. The van der Waals surface area contributed by atoms with Gasteiger partial charge in [0, 0.05) is 17.5 Å². The van der Waals surface area contributed by atoms with Crippen LogP contribution in [-0.2, 0) is 0 Å². The second-order valence-electron chi connectivity index (χ2n) is 4.27. The van der Waals surface area contributed by atoms with Gasteiger partial charge in [0.15, 0.2) is 0 Å². The van der Waals surface area contributed by atoms with Crippen molar-refractivity contribution >= 4 is 11.6 Å². The Bertz CT molecular complexity index is 400. The zero-order chi connectivity index (χ0) is 13.4. The fourth-order valence-electron chi connectivity index (χ4n) is 1.87. The molecule has 18 heavy (non-hydrogen) atoms. The van der Waals surface area contributed by atoms with Gasteiger partial charge in [-0.25, -0.2) is 0 Å². The molecule has 0 radical (unpaired) electrons. The first-order chi connectivity index (χ1) is 8.67. The van der Waals surface area contributed by atoms with Gasteiger partial charge in [0.25, 0.3) is 0 Å². The standard InChI is InChI=1S/C15H20ClNO/c1-4-5-6-10-15(17-3)12(2)18-14-9-7-8-13(16)11-14/h1,7-9,11-12,15,17H,5-6,10H2,2-3H3. The Morgan fingerprint density at radius 1 is 1.50 bits per heavy atom. The number of likely N-dealkylation sites (N-methyl/N-ethyl adjacent to an activating group) is 1. The summed E-state index contributed by atoms with van der Waals surface area (Å²) in [6.45, 7) is 2.05. The van der Waals surface area contributed by atoms with Gasteiger partial charge >= 0.3 is 0 Å². The third-order valence-corrected chi connectivity index (χ3v) is 3.13. The molecule has 0 saturated carbocycles. The minimum Gasteiger partial charge on any atom is -0.489 e. The van der Waals surface area contributed by atoms with Gasteiger partial charge in [0.05, 0.1) is 0 Å². The van der Waals surface area contributed by atoms with Crippen molar-refractivity contribution in [1.82, 2.24) is 5.32 Å². The lowest BCUT2D eigenvalue weighted by atomic mass is 10.1. The van der Waals surface area contributed by atoms with E-state index in [4.69, 9.17) is 22.8 Å². The van der Waals surface area contributed by atoms with Crippen LogP contribution in [0.3, 0.4) is 0 Å². The summed E-state index contributed by atoms with van der Waals surface area (Å²) in [6, 6.07) is 7.75. The number of unbranched alkanes of at least 4 members (excludes halogenated alkanes) is 1. The first-order valence-corrected chi connectivity index (χ1v) is 6.58. The van der Waals surface area contributed by atoms with Crippen molar-refractivity contribution in [3.8, 4) is 18.1 Å². The van der Waals surface area contributed by atoms with E-state index >= 15 is 0 Å². The lowest BCUT2D eigenvalue weighted by molar-refractivity contribution is 0.168. The fourth-order valence-corrected chi connectivity index (χ4v) is 2.06. The van der Waals surface area contributed by atoms with E-state index in [1.54, 1.807) is 0 Å². The third-order valence-electron chi connectivity index (χ3n) is 2.89. The van der Waals surface area contributed by atoms with Crippen LogP contribution in [-0.4, -0.2) is 19.2 Å². The van der Waals surface area contributed by atoms with Crippen molar-refractivity contribution in [3.05, 3.63) is 29.3 Å². The Hall–Kier alpha value is -1.17. The highest BCUT2D eigenvalue weighted by atomic mass is 35.5. The van der Waals surface area contributed by atoms with Crippen LogP contribution in [0.15, 0.2) is 24.3 Å². The average Bonchev–Trinajstić information content (AvgIpc) is 2.34. The zero-order valence-electron chi connectivity index (χ0n) is 10.9. The SMILES string of the molecule is C#CCCCC(NC)C(C)Oc1cccc(Cl)c1. The maximum atomic E-state index is 5.93. The van der Waals surface area contributed by atoms with E-state index in [9.17, 15) is 0 Å². The summed E-state index contributed by atoms with van der Waals surface area (Å²) in [5.74, 6) is 3.46. The molecule has 0 saturated heterocycles. The van der Waals surface area contributed by atoms with E-state index in [1.165, 1.54) is 0 Å². The minimum absolute atomic E-state index is 0.0752. The predicted molar refractivity (Wildman–Crippen MR) is 77.1 cm³/mol. The topological polar surface area (TPSA) is 21.3 Å². The lowest BCUT2D eigenvalue weighted by Crippen LogP contribution is -2.39. The number of ether oxygens (including phenoxy) is 1. The highest BCUT2D eigenvalue weighted by Gasteiger charge is 2.16. The molecule has 0 aliphatic rings. The molecule has 1 aromatic rings. The molecule has 0 bridgehead atoms. The Morgan fingerprint density at radius 2 is 2.28 bits per heavy atom. The van der Waals surface area contributed by atoms with Gasteiger partial charge in [-0.2, -0.15) is 0 Å². The summed E-state index contributed by atoms with van der Waals surface area (Å²) in [7, 11) is 1.94. The Kier molecular flexibility index (Phi) is 6.64. The van der Waals surface area contributed by atoms with Crippen LogP contribution < -0.4 is 10.1 Å². The molecule has 0 heterocycles. The van der Waals surface area contributed by atoms with Crippen molar-refractivity contribution in [2.45, 2.75) is 38.3 Å². The van der Waals surface area contributed by atoms with E-state index in [0.29, 0.717) is 5.02 Å². The largest absolute Gasteiger partial charge is 0.489 e. The number of hydrogen-bond donors (Lipinski definition) is 1. The van der Waals surface area contributed by atoms with E-state index in [0.717, 1.165) is 25.0 Å². The molecular formula is C15H20ClNO. The molecule has 2 atom stereocenters. The van der Waals surface area contributed by atoms with Gasteiger partial charge in [-0.05, 0) is 45.0 Å². The fraction of sp³-hybridized carbons (Fsp3) is 0.467. The summed E-state index contributed by atoms with van der Waals surface area (Å²) in [5, 5.41) is 3.96. The van der Waals surface area contributed by atoms with Gasteiger partial charge < -0.3 is 10.1 Å². The second kappa shape index (κ2) is 8.02. The van der Waals surface area contributed by atoms with E-state index in [1.807, 2.05) is 31.3 Å². The molecule has 1 rings (SSSR count). The summed E-state index contributed by atoms with van der Waals surface area (Å²) < 4.78 is 5.88. The smallest absolute Gasteiger partial charge is 0.121 e. The first kappa shape index (κ1) is 14.9. The van der Waals surface area contributed by atoms with Crippen LogP contribution in [0.1, 0.15) is 26.2 Å². The number of nitrogens with one attached hydrogen (secondary N) is 1. The van der Waals surface area contributed by atoms with Crippen molar-refractivity contribution < 1.29 is 4.74 Å². The number of hydrogen-bond acceptors (Lipinski definition) is 2. The van der Waals surface area contributed by atoms with Crippen molar-refractivity contribution in [2.24, 2.45) is 0 Å². The molecule has 0 aliphatic carbocycles. The average molecular weight is 266 g/mol. The quantitative estimate of drug-likeness (QED) is 0.602. The summed E-state index contributed by atoms with van der Waals surface area (Å²) in [4.78, 5) is 0. The summed E-state index contributed by atoms with van der Waals surface area (Å²) >= 11 is 5.93. The maximum absolute atomic E-state index is 5.93. The van der Waals surface area contributed by atoms with Crippen molar-refractivity contribution in [3.63, 3.8) is 0 Å². The van der Waals surface area contributed by atoms with Crippen LogP contribution in [0.25, 0.3) is 0 Å². The molecule has 98 valence electrons. The monoisotopic (exact) mass is 265 g/mol. The van der Waals surface area contributed by atoms with E-state index in [-0.39, 0.29) is 12.1 Å². The molecule has 0 fully saturated rings. The third kappa shape index (κ3) is 5.00. The number of rotatable bonds is 7. The molecule has 0 amide bonds. The van der Waals surface area contributed by atoms with Crippen molar-refractivity contribution in [2.75, 3.05) is 7.05 Å². The van der Waals surface area contributed by atoms with Gasteiger partial charge in [-0.15, -0.1) is 12.3 Å². The van der Waals surface area contributed by atoms with Gasteiger partial charge in [0.2, 0.25) is 0 Å². The number of halogens is 1. The molecule has 0 spiro atoms. The first-order valence-electron chi connectivity index (χ1n) is 6.20. The minimum atomic E-state index is 0.0752. The molecule has 0 aliphatic heterocycles. The molecule has 0 aromatic heterocycles. The lowest BCUT2D eigenvalue weighted by Gasteiger charge is -2.24. The van der Waals surface area contributed by atoms with Crippen molar-refractivity contribution in [1.29, 1.82) is 0 Å². The number of terminal acetylenes is 1. The highest BCUT2D eigenvalue weighted by molar-refractivity contribution is 6.30. The van der Waals surface area contributed by atoms with Gasteiger partial charge in [-0.1, -0.05) is 17.7 Å². The van der Waals surface area contributed by atoms with Crippen LogP contribution in [0.4, 0.5) is 0 Å². The van der Waals surface area contributed by atoms with Crippen LogP contribution in [0, 0.1) is 12.3 Å². The van der Waals surface area contributed by atoms with Gasteiger partial charge in [-0.3, -0.25) is 0 Å². The van der Waals surface area contributed by atoms with Crippen LogP contribution in [0.5, 0.6) is 5.75 Å². The molecule has 2 unspecified atom stereocenters. The summed E-state index contributed by atoms with van der Waals surface area (Å²) in [6.07, 6.45) is 8.15. The summed E-state index contributed by atoms with van der Waals surface area (Å²) in [5.41, 5.74) is 0.